The zero-order valence-electron chi connectivity index (χ0n) is 11.9. The molecule has 3 rings (SSSR count). The van der Waals surface area contributed by atoms with Crippen molar-refractivity contribution >= 4 is 67.9 Å². The van der Waals surface area contributed by atoms with Gasteiger partial charge in [-0.1, -0.05) is 23.2 Å². The van der Waals surface area contributed by atoms with E-state index in [9.17, 15) is 4.79 Å². The van der Waals surface area contributed by atoms with Crippen molar-refractivity contribution in [2.75, 3.05) is 16.8 Å². The van der Waals surface area contributed by atoms with E-state index in [4.69, 9.17) is 39.9 Å². The second-order valence-electron chi connectivity index (χ2n) is 4.81. The molecule has 0 aliphatic rings. The summed E-state index contributed by atoms with van der Waals surface area (Å²) in [5.41, 5.74) is 12.5. The topological polar surface area (TPSA) is 118 Å². The van der Waals surface area contributed by atoms with Crippen molar-refractivity contribution in [3.63, 3.8) is 0 Å². The number of aromatic nitrogens is 1. The van der Waals surface area contributed by atoms with Gasteiger partial charge >= 0.3 is 0 Å². The summed E-state index contributed by atoms with van der Waals surface area (Å²) < 4.78 is 0. The van der Waals surface area contributed by atoms with Crippen molar-refractivity contribution in [1.82, 2.24) is 4.98 Å². The van der Waals surface area contributed by atoms with Gasteiger partial charge in [0.1, 0.15) is 21.6 Å². The predicted molar refractivity (Wildman–Crippen MR) is 97.6 cm³/mol. The SMILES string of the molecule is N#Cc1cc2c(N)c(C(=O)Nc3cc(Cl)ccc3Cl)sc2nc1N. The predicted octanol–water partition coefficient (Wildman–Crippen LogP) is 3.89. The highest BCUT2D eigenvalue weighted by molar-refractivity contribution is 7.21. The minimum atomic E-state index is -0.447. The fraction of sp³-hybridized carbons (Fsp3) is 0. The number of hydrogen-bond donors (Lipinski definition) is 3. The molecular weight excluding hydrogens is 369 g/mol. The fourth-order valence-corrected chi connectivity index (χ4v) is 3.40. The molecule has 0 saturated carbocycles. The van der Waals surface area contributed by atoms with Gasteiger partial charge in [-0.05, 0) is 24.3 Å². The van der Waals surface area contributed by atoms with Gasteiger partial charge in [-0.2, -0.15) is 5.26 Å². The van der Waals surface area contributed by atoms with Gasteiger partial charge in [-0.15, -0.1) is 11.3 Å². The maximum atomic E-state index is 12.5. The molecule has 0 aliphatic carbocycles. The number of nitrogen functional groups attached to an aromatic ring is 2. The number of thiophene rings is 1. The Bertz CT molecular complexity index is 1020. The monoisotopic (exact) mass is 377 g/mol. The van der Waals surface area contributed by atoms with E-state index < -0.39 is 5.91 Å². The summed E-state index contributed by atoms with van der Waals surface area (Å²) in [5, 5.41) is 13.0. The molecule has 1 aromatic carbocycles. The van der Waals surface area contributed by atoms with Crippen LogP contribution in [-0.4, -0.2) is 10.9 Å². The Balaban J connectivity index is 2.03. The molecule has 0 fully saturated rings. The number of halogens is 2. The zero-order chi connectivity index (χ0) is 17.4. The van der Waals surface area contributed by atoms with E-state index in [-0.39, 0.29) is 21.9 Å². The van der Waals surface area contributed by atoms with Crippen LogP contribution in [0.25, 0.3) is 10.2 Å². The Kier molecular flexibility index (Phi) is 4.20. The zero-order valence-corrected chi connectivity index (χ0v) is 14.3. The molecule has 24 heavy (non-hydrogen) atoms. The molecule has 0 bridgehead atoms. The average molecular weight is 378 g/mol. The minimum Gasteiger partial charge on any atom is -0.397 e. The first-order valence-corrected chi connectivity index (χ1v) is 8.13. The lowest BCUT2D eigenvalue weighted by molar-refractivity contribution is 0.103. The summed E-state index contributed by atoms with van der Waals surface area (Å²) in [6.07, 6.45) is 0. The van der Waals surface area contributed by atoms with Crippen LogP contribution in [0.4, 0.5) is 17.2 Å². The number of carbonyl (C=O) groups excluding carboxylic acids is 1. The highest BCUT2D eigenvalue weighted by Crippen LogP contribution is 2.35. The van der Waals surface area contributed by atoms with Crippen molar-refractivity contribution < 1.29 is 4.79 Å². The Hall–Kier alpha value is -2.53. The number of nitrogens with one attached hydrogen (secondary N) is 1. The molecule has 0 radical (unpaired) electrons. The van der Waals surface area contributed by atoms with Gasteiger partial charge in [0.15, 0.2) is 0 Å². The van der Waals surface area contributed by atoms with E-state index in [0.717, 1.165) is 11.3 Å². The number of nitrogens with two attached hydrogens (primary N) is 2. The number of nitrogens with zero attached hydrogens (tertiary/aromatic N) is 2. The average Bonchev–Trinajstić information content (AvgIpc) is 2.86. The van der Waals surface area contributed by atoms with Gasteiger partial charge < -0.3 is 16.8 Å². The lowest BCUT2D eigenvalue weighted by Gasteiger charge is -2.07. The summed E-state index contributed by atoms with van der Waals surface area (Å²) in [5.74, 6) is -0.354. The van der Waals surface area contributed by atoms with E-state index >= 15 is 0 Å². The molecule has 0 atom stereocenters. The van der Waals surface area contributed by atoms with Crippen LogP contribution in [0.5, 0.6) is 0 Å². The number of fused-ring (bicyclic) bond motifs is 1. The number of amides is 1. The van der Waals surface area contributed by atoms with Crippen LogP contribution >= 0.6 is 34.5 Å². The number of rotatable bonds is 2. The summed E-state index contributed by atoms with van der Waals surface area (Å²) in [6, 6.07) is 8.19. The lowest BCUT2D eigenvalue weighted by atomic mass is 10.2. The third-order valence-electron chi connectivity index (χ3n) is 3.25. The molecule has 5 N–H and O–H groups in total. The van der Waals surface area contributed by atoms with Crippen LogP contribution in [-0.2, 0) is 0 Å². The maximum Gasteiger partial charge on any atom is 0.267 e. The smallest absolute Gasteiger partial charge is 0.267 e. The first-order chi connectivity index (χ1) is 11.4. The van der Waals surface area contributed by atoms with Gasteiger partial charge in [-0.25, -0.2) is 4.98 Å². The van der Waals surface area contributed by atoms with Gasteiger partial charge in [-0.3, -0.25) is 4.79 Å². The Morgan fingerprint density at radius 2 is 2.04 bits per heavy atom. The van der Waals surface area contributed by atoms with E-state index in [2.05, 4.69) is 10.3 Å². The second kappa shape index (κ2) is 6.17. The van der Waals surface area contributed by atoms with Gasteiger partial charge in [0, 0.05) is 10.4 Å². The van der Waals surface area contributed by atoms with Gasteiger partial charge in [0.2, 0.25) is 0 Å². The molecule has 1 amide bonds. The van der Waals surface area contributed by atoms with Crippen LogP contribution in [0.1, 0.15) is 15.2 Å². The lowest BCUT2D eigenvalue weighted by Crippen LogP contribution is -2.12. The number of benzene rings is 1. The Labute approximate surface area is 150 Å². The van der Waals surface area contributed by atoms with E-state index in [1.807, 2.05) is 6.07 Å². The summed E-state index contributed by atoms with van der Waals surface area (Å²) in [4.78, 5) is 17.3. The number of anilines is 3. The second-order valence-corrected chi connectivity index (χ2v) is 6.65. The summed E-state index contributed by atoms with van der Waals surface area (Å²) in [7, 11) is 0. The highest BCUT2D eigenvalue weighted by atomic mass is 35.5. The molecule has 0 aliphatic heterocycles. The van der Waals surface area contributed by atoms with Crippen molar-refractivity contribution in [2.24, 2.45) is 0 Å². The molecule has 3 aromatic rings. The number of nitriles is 1. The first kappa shape index (κ1) is 16.3. The number of carbonyl (C=O) groups is 1. The standard InChI is InChI=1S/C15H9Cl2N5OS/c16-7-1-2-9(17)10(4-7)21-14(23)12-11(19)8-3-6(5-18)13(20)22-15(8)24-12/h1-4H,19H2,(H2,20,22)(H,21,23). The normalized spacial score (nSPS) is 10.5. The summed E-state index contributed by atoms with van der Waals surface area (Å²) in [6.45, 7) is 0. The molecule has 2 aromatic heterocycles. The van der Waals surface area contributed by atoms with Crippen LogP contribution in [0, 0.1) is 11.3 Å². The van der Waals surface area contributed by atoms with Gasteiger partial charge in [0.25, 0.3) is 5.91 Å². The molecule has 0 spiro atoms. The third kappa shape index (κ3) is 2.83. The van der Waals surface area contributed by atoms with E-state index in [1.165, 1.54) is 12.1 Å². The number of hydrogen-bond acceptors (Lipinski definition) is 6. The van der Waals surface area contributed by atoms with Crippen LogP contribution in [0.15, 0.2) is 24.3 Å². The fourth-order valence-electron chi connectivity index (χ4n) is 2.09. The highest BCUT2D eigenvalue weighted by Gasteiger charge is 2.19. The first-order valence-electron chi connectivity index (χ1n) is 6.55. The Morgan fingerprint density at radius 1 is 1.29 bits per heavy atom. The van der Waals surface area contributed by atoms with E-state index in [1.54, 1.807) is 12.1 Å². The Morgan fingerprint density at radius 3 is 2.75 bits per heavy atom. The third-order valence-corrected chi connectivity index (χ3v) is 4.93. The van der Waals surface area contributed by atoms with Crippen LogP contribution in [0.2, 0.25) is 10.0 Å². The van der Waals surface area contributed by atoms with Crippen LogP contribution in [0.3, 0.4) is 0 Å². The molecule has 120 valence electrons. The van der Waals surface area contributed by atoms with Crippen molar-refractivity contribution in [1.29, 1.82) is 5.26 Å². The van der Waals surface area contributed by atoms with E-state index in [0.29, 0.717) is 25.9 Å². The number of pyridine rings is 1. The van der Waals surface area contributed by atoms with Crippen molar-refractivity contribution in [3.8, 4) is 6.07 Å². The minimum absolute atomic E-state index is 0.0936. The van der Waals surface area contributed by atoms with Crippen molar-refractivity contribution in [3.05, 3.63) is 44.8 Å². The molecule has 6 nitrogen and oxygen atoms in total. The quantitative estimate of drug-likeness (QED) is 0.625. The largest absolute Gasteiger partial charge is 0.397 e. The van der Waals surface area contributed by atoms with Gasteiger partial charge in [0.05, 0.1) is 22.0 Å². The molecule has 0 unspecified atom stereocenters. The summed E-state index contributed by atoms with van der Waals surface area (Å²) >= 11 is 13.0. The van der Waals surface area contributed by atoms with Crippen LogP contribution < -0.4 is 16.8 Å². The maximum absolute atomic E-state index is 12.5. The van der Waals surface area contributed by atoms with Crippen molar-refractivity contribution in [2.45, 2.75) is 0 Å². The molecule has 9 heteroatoms. The molecule has 2 heterocycles. The molecule has 0 saturated heterocycles. The molecular formula is C15H9Cl2N5OS.